The lowest BCUT2D eigenvalue weighted by atomic mass is 10.0. The Labute approximate surface area is 183 Å². The first-order valence-corrected chi connectivity index (χ1v) is 9.96. The summed E-state index contributed by atoms with van der Waals surface area (Å²) in [7, 11) is 0. The molecule has 0 aliphatic carbocycles. The molecule has 29 heavy (non-hydrogen) atoms. The molecule has 1 aliphatic heterocycles. The van der Waals surface area contributed by atoms with Gasteiger partial charge < -0.3 is 9.47 Å². The van der Waals surface area contributed by atoms with Crippen LogP contribution in [0.15, 0.2) is 60.4 Å². The van der Waals surface area contributed by atoms with E-state index in [2.05, 4.69) is 0 Å². The first-order valence-electron chi connectivity index (χ1n) is 8.83. The van der Waals surface area contributed by atoms with E-state index in [0.29, 0.717) is 43.3 Å². The zero-order chi connectivity index (χ0) is 20.5. The molecular formula is C23H15Cl3O3. The summed E-state index contributed by atoms with van der Waals surface area (Å²) in [5.74, 6) is 1.05. The molecule has 3 aromatic carbocycles. The maximum atomic E-state index is 12.8. The summed E-state index contributed by atoms with van der Waals surface area (Å²) in [6.07, 6.45) is 1.65. The summed E-state index contributed by atoms with van der Waals surface area (Å²) in [5.41, 5.74) is 2.69. The fraction of sp³-hybridized carbons (Fsp3) is 0.0870. The molecule has 0 spiro atoms. The van der Waals surface area contributed by atoms with Gasteiger partial charge in [-0.15, -0.1) is 0 Å². The molecule has 0 aromatic heterocycles. The maximum absolute atomic E-state index is 12.8. The Hall–Kier alpha value is -2.46. The summed E-state index contributed by atoms with van der Waals surface area (Å²) in [6.45, 7) is 2.04. The van der Waals surface area contributed by atoms with Gasteiger partial charge in [-0.25, -0.2) is 0 Å². The van der Waals surface area contributed by atoms with E-state index >= 15 is 0 Å². The monoisotopic (exact) mass is 444 g/mol. The van der Waals surface area contributed by atoms with Crippen molar-refractivity contribution in [3.05, 3.63) is 97.7 Å². The van der Waals surface area contributed by atoms with Gasteiger partial charge >= 0.3 is 0 Å². The zero-order valence-corrected chi connectivity index (χ0v) is 17.6. The molecule has 4 rings (SSSR count). The zero-order valence-electron chi connectivity index (χ0n) is 15.3. The van der Waals surface area contributed by atoms with Crippen LogP contribution in [0, 0.1) is 6.92 Å². The number of rotatable bonds is 4. The van der Waals surface area contributed by atoms with E-state index in [1.54, 1.807) is 42.5 Å². The molecule has 1 aliphatic rings. The third kappa shape index (κ3) is 3.99. The maximum Gasteiger partial charge on any atom is 0.232 e. The fourth-order valence-electron chi connectivity index (χ4n) is 3.12. The van der Waals surface area contributed by atoms with Crippen LogP contribution in [0.25, 0.3) is 6.08 Å². The van der Waals surface area contributed by atoms with Crippen molar-refractivity contribution in [2.45, 2.75) is 13.5 Å². The predicted octanol–water partition coefficient (Wildman–Crippen LogP) is 7.15. The third-order valence-corrected chi connectivity index (χ3v) is 5.63. The van der Waals surface area contributed by atoms with E-state index in [9.17, 15) is 4.79 Å². The predicted molar refractivity (Wildman–Crippen MR) is 116 cm³/mol. The second-order valence-electron chi connectivity index (χ2n) is 6.56. The van der Waals surface area contributed by atoms with Crippen LogP contribution in [0.3, 0.4) is 0 Å². The molecule has 0 N–H and O–H groups in total. The van der Waals surface area contributed by atoms with E-state index in [4.69, 9.17) is 44.3 Å². The number of carbonyl (C=O) groups excluding carboxylic acids is 1. The molecule has 3 aromatic rings. The highest BCUT2D eigenvalue weighted by molar-refractivity contribution is 6.36. The van der Waals surface area contributed by atoms with Crippen LogP contribution in [0.4, 0.5) is 0 Å². The lowest BCUT2D eigenvalue weighted by Crippen LogP contribution is -2.00. The molecule has 6 heteroatoms. The summed E-state index contributed by atoms with van der Waals surface area (Å²) in [4.78, 5) is 12.8. The van der Waals surface area contributed by atoms with Crippen molar-refractivity contribution in [3.8, 4) is 11.5 Å². The van der Waals surface area contributed by atoms with Crippen molar-refractivity contribution >= 4 is 46.7 Å². The molecule has 146 valence electrons. The van der Waals surface area contributed by atoms with Gasteiger partial charge in [-0.3, -0.25) is 4.79 Å². The van der Waals surface area contributed by atoms with Crippen molar-refractivity contribution in [2.75, 3.05) is 0 Å². The number of hydrogen-bond acceptors (Lipinski definition) is 3. The molecule has 0 fully saturated rings. The van der Waals surface area contributed by atoms with E-state index in [1.807, 2.05) is 25.1 Å². The normalized spacial score (nSPS) is 14.1. The number of benzene rings is 3. The number of hydrogen-bond donors (Lipinski definition) is 0. The van der Waals surface area contributed by atoms with E-state index in [0.717, 1.165) is 5.56 Å². The van der Waals surface area contributed by atoms with Gasteiger partial charge in [0, 0.05) is 26.7 Å². The molecule has 0 amide bonds. The highest BCUT2D eigenvalue weighted by Crippen LogP contribution is 2.38. The lowest BCUT2D eigenvalue weighted by molar-refractivity contribution is 0.101. The third-order valence-electron chi connectivity index (χ3n) is 4.58. The van der Waals surface area contributed by atoms with Gasteiger partial charge in [-0.05, 0) is 48.4 Å². The van der Waals surface area contributed by atoms with Crippen molar-refractivity contribution in [2.24, 2.45) is 0 Å². The summed E-state index contributed by atoms with van der Waals surface area (Å²) in [5, 5.41) is 1.61. The summed E-state index contributed by atoms with van der Waals surface area (Å²) in [6, 6.07) is 16.0. The topological polar surface area (TPSA) is 35.5 Å². The van der Waals surface area contributed by atoms with E-state index in [-0.39, 0.29) is 18.1 Å². The minimum Gasteiger partial charge on any atom is -0.489 e. The number of ether oxygens (including phenoxy) is 2. The van der Waals surface area contributed by atoms with Crippen LogP contribution in [-0.4, -0.2) is 5.78 Å². The van der Waals surface area contributed by atoms with E-state index < -0.39 is 0 Å². The van der Waals surface area contributed by atoms with Crippen LogP contribution in [-0.2, 0) is 6.61 Å². The highest BCUT2D eigenvalue weighted by atomic mass is 35.5. The number of ketones is 1. The number of carbonyl (C=O) groups is 1. The van der Waals surface area contributed by atoms with Crippen molar-refractivity contribution < 1.29 is 14.3 Å². The Morgan fingerprint density at radius 2 is 1.66 bits per heavy atom. The lowest BCUT2D eigenvalue weighted by Gasteiger charge is -2.11. The van der Waals surface area contributed by atoms with Crippen LogP contribution in [0.1, 0.15) is 27.0 Å². The minimum atomic E-state index is -0.182. The first kappa shape index (κ1) is 19.8. The Bertz CT molecular complexity index is 1130. The molecule has 0 unspecified atom stereocenters. The molecule has 0 bridgehead atoms. The summed E-state index contributed by atoms with van der Waals surface area (Å²) < 4.78 is 11.7. The van der Waals surface area contributed by atoms with Crippen LogP contribution >= 0.6 is 34.8 Å². The second-order valence-corrected chi connectivity index (χ2v) is 7.79. The van der Waals surface area contributed by atoms with Crippen LogP contribution < -0.4 is 9.47 Å². The number of allylic oxidation sites excluding steroid dienone is 1. The van der Waals surface area contributed by atoms with Crippen molar-refractivity contribution in [1.82, 2.24) is 0 Å². The molecular weight excluding hydrogens is 431 g/mol. The quantitative estimate of drug-likeness (QED) is 0.400. The molecule has 3 nitrogen and oxygen atoms in total. The van der Waals surface area contributed by atoms with Gasteiger partial charge in [0.15, 0.2) is 5.76 Å². The number of halogens is 3. The largest absolute Gasteiger partial charge is 0.489 e. The van der Waals surface area contributed by atoms with Gasteiger partial charge in [0.05, 0.1) is 5.56 Å². The molecule has 0 atom stereocenters. The smallest absolute Gasteiger partial charge is 0.232 e. The average Bonchev–Trinajstić information content (AvgIpc) is 2.99. The van der Waals surface area contributed by atoms with E-state index in [1.165, 1.54) is 0 Å². The van der Waals surface area contributed by atoms with Gasteiger partial charge in [0.2, 0.25) is 5.78 Å². The Balaban J connectivity index is 1.60. The summed E-state index contributed by atoms with van der Waals surface area (Å²) >= 11 is 18.6. The molecule has 0 saturated carbocycles. The van der Waals surface area contributed by atoms with Crippen molar-refractivity contribution in [3.63, 3.8) is 0 Å². The fourth-order valence-corrected chi connectivity index (χ4v) is 3.82. The first-order chi connectivity index (χ1) is 13.9. The Kier molecular flexibility index (Phi) is 5.55. The van der Waals surface area contributed by atoms with Crippen LogP contribution in [0.5, 0.6) is 11.5 Å². The van der Waals surface area contributed by atoms with Gasteiger partial charge in [-0.2, -0.15) is 0 Å². The van der Waals surface area contributed by atoms with Crippen LogP contribution in [0.2, 0.25) is 15.1 Å². The Morgan fingerprint density at radius 1 is 0.966 bits per heavy atom. The van der Waals surface area contributed by atoms with Crippen molar-refractivity contribution in [1.29, 1.82) is 0 Å². The Morgan fingerprint density at radius 3 is 2.38 bits per heavy atom. The minimum absolute atomic E-state index is 0.182. The standard InChI is InChI=1S/C23H15Cl3O3/c1-13-9-15(28-12-16-18(25)7-4-8-19(16)26)11-20-22(13)23(27)21(29-20)10-14-5-2-3-6-17(14)24/h2-11H,12H2,1H3/b21-10-. The number of fused-ring (bicyclic) bond motifs is 1. The molecule has 1 heterocycles. The number of aryl methyl sites for hydroxylation is 1. The van der Waals surface area contributed by atoms with Gasteiger partial charge in [0.25, 0.3) is 0 Å². The SMILES string of the molecule is Cc1cc(OCc2c(Cl)cccc2Cl)cc2c1C(=O)/C(=C/c1ccccc1Cl)O2. The second kappa shape index (κ2) is 8.11. The average molecular weight is 446 g/mol. The molecule has 0 radical (unpaired) electrons. The van der Waals surface area contributed by atoms with Gasteiger partial charge in [-0.1, -0.05) is 59.1 Å². The number of Topliss-reactive ketones (excluding diaryl/α,β-unsaturated/α-hetero) is 1. The van der Waals surface area contributed by atoms with Gasteiger partial charge in [0.1, 0.15) is 18.1 Å². The molecule has 0 saturated heterocycles. The highest BCUT2D eigenvalue weighted by Gasteiger charge is 2.30.